The molecule has 18 heavy (non-hydrogen) atoms. The lowest BCUT2D eigenvalue weighted by atomic mass is 10.1. The van der Waals surface area contributed by atoms with Gasteiger partial charge in [-0.15, -0.1) is 11.6 Å². The van der Waals surface area contributed by atoms with Gasteiger partial charge >= 0.3 is 11.8 Å². The number of alkyl halides is 1. The average molecular weight is 269 g/mol. The van der Waals surface area contributed by atoms with Crippen LogP contribution in [0, 0.1) is 0 Å². The lowest BCUT2D eigenvalue weighted by molar-refractivity contribution is -0.139. The van der Waals surface area contributed by atoms with Gasteiger partial charge in [0.05, 0.1) is 0 Å². The first-order valence-corrected chi connectivity index (χ1v) is 6.43. The molecule has 2 amide bonds. The molecule has 98 valence electrons. The fraction of sp³-hybridized carbons (Fsp3) is 0.385. The summed E-state index contributed by atoms with van der Waals surface area (Å²) in [7, 11) is 0. The molecule has 0 bridgehead atoms. The average Bonchev–Trinajstić information content (AvgIpc) is 2.40. The van der Waals surface area contributed by atoms with Crippen molar-refractivity contribution in [3.63, 3.8) is 0 Å². The molecule has 0 aromatic heterocycles. The van der Waals surface area contributed by atoms with Gasteiger partial charge in [0.25, 0.3) is 0 Å². The molecule has 0 fully saturated rings. The highest BCUT2D eigenvalue weighted by Gasteiger charge is 2.11. The summed E-state index contributed by atoms with van der Waals surface area (Å²) >= 11 is 5.46. The van der Waals surface area contributed by atoms with Crippen LogP contribution >= 0.6 is 11.6 Å². The normalized spacial score (nSPS) is 9.83. The number of carbonyl (C=O) groups is 2. The predicted molar refractivity (Wildman–Crippen MR) is 71.5 cm³/mol. The molecule has 0 aliphatic rings. The summed E-state index contributed by atoms with van der Waals surface area (Å²) in [5.74, 6) is -0.732. The zero-order chi connectivity index (χ0) is 13.2. The van der Waals surface area contributed by atoms with Crippen LogP contribution in [0.2, 0.25) is 0 Å². The third-order valence-corrected chi connectivity index (χ3v) is 2.61. The quantitative estimate of drug-likeness (QED) is 0.461. The van der Waals surface area contributed by atoms with Crippen LogP contribution in [0.15, 0.2) is 30.3 Å². The monoisotopic (exact) mass is 268 g/mol. The van der Waals surface area contributed by atoms with Gasteiger partial charge in [-0.05, 0) is 18.4 Å². The topological polar surface area (TPSA) is 58.2 Å². The van der Waals surface area contributed by atoms with E-state index in [2.05, 4.69) is 10.6 Å². The molecule has 1 rings (SSSR count). The standard InChI is InChI=1S/C13H17ClN2O2/c14-8-4-9-15-12(17)13(18)16-10-7-11-5-2-1-3-6-11/h1-3,5-6H,4,7-10H2,(H,15,17)(H,16,18). The van der Waals surface area contributed by atoms with Crippen LogP contribution in [0.1, 0.15) is 12.0 Å². The molecule has 0 spiro atoms. The van der Waals surface area contributed by atoms with Crippen LogP contribution in [-0.2, 0) is 16.0 Å². The van der Waals surface area contributed by atoms with E-state index in [9.17, 15) is 9.59 Å². The first kappa shape index (κ1) is 14.5. The van der Waals surface area contributed by atoms with Crippen LogP contribution in [0.5, 0.6) is 0 Å². The predicted octanol–water partition coefficient (Wildman–Crippen LogP) is 1.09. The van der Waals surface area contributed by atoms with Crippen LogP contribution in [-0.4, -0.2) is 30.8 Å². The molecule has 0 atom stereocenters. The summed E-state index contributed by atoms with van der Waals surface area (Å²) in [6.45, 7) is 0.875. The van der Waals surface area contributed by atoms with Crippen LogP contribution in [0.3, 0.4) is 0 Å². The van der Waals surface area contributed by atoms with E-state index in [1.807, 2.05) is 30.3 Å². The molecule has 4 nitrogen and oxygen atoms in total. The van der Waals surface area contributed by atoms with Crippen LogP contribution in [0.25, 0.3) is 0 Å². The van der Waals surface area contributed by atoms with E-state index >= 15 is 0 Å². The van der Waals surface area contributed by atoms with Crippen molar-refractivity contribution in [1.29, 1.82) is 0 Å². The SMILES string of the molecule is O=C(NCCCCl)C(=O)NCCc1ccccc1. The summed E-state index contributed by atoms with van der Waals surface area (Å²) in [6, 6.07) is 9.78. The number of carbonyl (C=O) groups excluding carboxylic acids is 2. The highest BCUT2D eigenvalue weighted by Crippen LogP contribution is 1.97. The molecule has 1 aromatic carbocycles. The Hall–Kier alpha value is -1.55. The molecule has 0 heterocycles. The Kier molecular flexibility index (Phi) is 6.87. The van der Waals surface area contributed by atoms with Gasteiger partial charge < -0.3 is 10.6 Å². The Balaban J connectivity index is 2.18. The molecule has 5 heteroatoms. The van der Waals surface area contributed by atoms with Crippen molar-refractivity contribution in [2.45, 2.75) is 12.8 Å². The molecule has 0 aliphatic carbocycles. The highest BCUT2D eigenvalue weighted by molar-refractivity contribution is 6.35. The number of hydrogen-bond donors (Lipinski definition) is 2. The first-order chi connectivity index (χ1) is 8.74. The van der Waals surface area contributed by atoms with Crippen molar-refractivity contribution in [3.05, 3.63) is 35.9 Å². The Morgan fingerprint density at radius 2 is 1.61 bits per heavy atom. The Morgan fingerprint density at radius 3 is 2.22 bits per heavy atom. The van der Waals surface area contributed by atoms with Gasteiger partial charge in [-0.2, -0.15) is 0 Å². The maximum atomic E-state index is 11.4. The number of hydrogen-bond acceptors (Lipinski definition) is 2. The first-order valence-electron chi connectivity index (χ1n) is 5.90. The maximum absolute atomic E-state index is 11.4. The van der Waals surface area contributed by atoms with Crippen LogP contribution < -0.4 is 10.6 Å². The Bertz CT molecular complexity index is 382. The molecule has 0 unspecified atom stereocenters. The molecule has 1 aromatic rings. The number of nitrogens with one attached hydrogen (secondary N) is 2. The van der Waals surface area contributed by atoms with Gasteiger partial charge in [-0.1, -0.05) is 30.3 Å². The second kappa shape index (κ2) is 8.53. The fourth-order valence-corrected chi connectivity index (χ4v) is 1.53. The second-order valence-electron chi connectivity index (χ2n) is 3.79. The van der Waals surface area contributed by atoms with Crippen molar-refractivity contribution < 1.29 is 9.59 Å². The van der Waals surface area contributed by atoms with Crippen molar-refractivity contribution in [1.82, 2.24) is 10.6 Å². The van der Waals surface area contributed by atoms with E-state index in [0.29, 0.717) is 31.8 Å². The molecule has 0 saturated carbocycles. The number of halogens is 1. The van der Waals surface area contributed by atoms with E-state index in [0.717, 1.165) is 5.56 Å². The zero-order valence-electron chi connectivity index (χ0n) is 10.1. The summed E-state index contributed by atoms with van der Waals surface area (Å²) in [6.07, 6.45) is 1.37. The van der Waals surface area contributed by atoms with Gasteiger partial charge in [0.1, 0.15) is 0 Å². The summed E-state index contributed by atoms with van der Waals surface area (Å²) < 4.78 is 0. The molecule has 0 aliphatic heterocycles. The number of amides is 2. The summed E-state index contributed by atoms with van der Waals surface area (Å²) in [5.41, 5.74) is 1.13. The minimum absolute atomic E-state index is 0.425. The van der Waals surface area contributed by atoms with E-state index in [1.54, 1.807) is 0 Å². The van der Waals surface area contributed by atoms with Gasteiger partial charge in [0.15, 0.2) is 0 Å². The van der Waals surface area contributed by atoms with E-state index in [-0.39, 0.29) is 0 Å². The van der Waals surface area contributed by atoms with Gasteiger partial charge in [-0.3, -0.25) is 9.59 Å². The van der Waals surface area contributed by atoms with Crippen LogP contribution in [0.4, 0.5) is 0 Å². The van der Waals surface area contributed by atoms with Crippen molar-refractivity contribution in [2.75, 3.05) is 19.0 Å². The van der Waals surface area contributed by atoms with Gasteiger partial charge in [0, 0.05) is 19.0 Å². The molecule has 0 saturated heterocycles. The fourth-order valence-electron chi connectivity index (χ4n) is 1.39. The highest BCUT2D eigenvalue weighted by atomic mass is 35.5. The Morgan fingerprint density at radius 1 is 1.00 bits per heavy atom. The lowest BCUT2D eigenvalue weighted by Gasteiger charge is -2.05. The van der Waals surface area contributed by atoms with Crippen molar-refractivity contribution in [2.24, 2.45) is 0 Å². The third kappa shape index (κ3) is 5.68. The second-order valence-corrected chi connectivity index (χ2v) is 4.17. The summed E-state index contributed by atoms with van der Waals surface area (Å²) in [4.78, 5) is 22.7. The molecular weight excluding hydrogens is 252 g/mol. The van der Waals surface area contributed by atoms with E-state index < -0.39 is 11.8 Å². The maximum Gasteiger partial charge on any atom is 0.309 e. The third-order valence-electron chi connectivity index (χ3n) is 2.34. The molecule has 0 radical (unpaired) electrons. The largest absolute Gasteiger partial charge is 0.348 e. The van der Waals surface area contributed by atoms with Crippen molar-refractivity contribution >= 4 is 23.4 Å². The summed E-state index contributed by atoms with van der Waals surface area (Å²) in [5, 5.41) is 5.07. The number of rotatable bonds is 6. The van der Waals surface area contributed by atoms with Gasteiger partial charge in [0.2, 0.25) is 0 Å². The zero-order valence-corrected chi connectivity index (χ0v) is 10.9. The molecule has 2 N–H and O–H groups in total. The van der Waals surface area contributed by atoms with E-state index in [4.69, 9.17) is 11.6 Å². The minimum atomic E-state index is -0.604. The van der Waals surface area contributed by atoms with E-state index in [1.165, 1.54) is 0 Å². The lowest BCUT2D eigenvalue weighted by Crippen LogP contribution is -2.41. The minimum Gasteiger partial charge on any atom is -0.348 e. The smallest absolute Gasteiger partial charge is 0.309 e. The molecular formula is C13H17ClN2O2. The Labute approximate surface area is 112 Å². The number of benzene rings is 1. The van der Waals surface area contributed by atoms with Crippen molar-refractivity contribution in [3.8, 4) is 0 Å². The van der Waals surface area contributed by atoms with Gasteiger partial charge in [-0.25, -0.2) is 0 Å².